The highest BCUT2D eigenvalue weighted by molar-refractivity contribution is 6.30. The molecule has 0 bridgehead atoms. The molecule has 0 unspecified atom stereocenters. The van der Waals surface area contributed by atoms with Gasteiger partial charge in [-0.05, 0) is 29.8 Å². The zero-order chi connectivity index (χ0) is 19.4. The molecule has 1 fully saturated rings. The van der Waals surface area contributed by atoms with Gasteiger partial charge in [-0.15, -0.1) is 0 Å². The number of halogens is 4. The van der Waals surface area contributed by atoms with Crippen molar-refractivity contribution < 1.29 is 18.0 Å². The molecule has 1 heterocycles. The van der Waals surface area contributed by atoms with Crippen LogP contribution in [0, 0.1) is 0 Å². The summed E-state index contributed by atoms with van der Waals surface area (Å²) in [5.74, 6) is 0. The molecule has 2 aromatic carbocycles. The van der Waals surface area contributed by atoms with Crippen LogP contribution in [0.5, 0.6) is 0 Å². The lowest BCUT2D eigenvalue weighted by Gasteiger charge is -2.37. The Morgan fingerprint density at radius 3 is 2.26 bits per heavy atom. The molecule has 27 heavy (non-hydrogen) atoms. The van der Waals surface area contributed by atoms with Crippen LogP contribution >= 0.6 is 11.6 Å². The predicted octanol–water partition coefficient (Wildman–Crippen LogP) is 4.39. The Balaban J connectivity index is 1.56. The Labute approximate surface area is 160 Å². The summed E-state index contributed by atoms with van der Waals surface area (Å²) in [4.78, 5) is 15.6. The molecule has 4 nitrogen and oxygen atoms in total. The molecular weight excluding hydrogens is 379 g/mol. The number of urea groups is 1. The van der Waals surface area contributed by atoms with Gasteiger partial charge >= 0.3 is 12.2 Å². The first kappa shape index (κ1) is 19.4. The van der Waals surface area contributed by atoms with E-state index in [1.54, 1.807) is 28.0 Å². The number of anilines is 1. The third-order valence-electron chi connectivity index (χ3n) is 4.47. The van der Waals surface area contributed by atoms with Gasteiger partial charge in [-0.2, -0.15) is 13.2 Å². The summed E-state index contributed by atoms with van der Waals surface area (Å²) in [6.45, 7) is 1.79. The highest BCUT2D eigenvalue weighted by atomic mass is 35.5. The van der Waals surface area contributed by atoms with Crippen molar-refractivity contribution in [2.45, 2.75) is 12.7 Å². The van der Waals surface area contributed by atoms with E-state index in [1.807, 2.05) is 12.1 Å². The Morgan fingerprint density at radius 1 is 1.00 bits per heavy atom. The highest BCUT2D eigenvalue weighted by Crippen LogP contribution is 2.36. The standard InChI is InChI=1S/C19H19ClF3N3O/c20-15-7-5-14(6-8-15)13-24-18(27)26-11-9-25(10-12-26)17-4-2-1-3-16(17)19(21,22)23/h1-8H,9-13H2,(H,24,27). The second kappa shape index (κ2) is 8.08. The summed E-state index contributed by atoms with van der Waals surface area (Å²) in [5, 5.41) is 3.45. The molecule has 8 heteroatoms. The Hall–Kier alpha value is -2.41. The summed E-state index contributed by atoms with van der Waals surface area (Å²) >= 11 is 5.83. The number of carbonyl (C=O) groups excluding carboxylic acids is 1. The third kappa shape index (κ3) is 4.86. The predicted molar refractivity (Wildman–Crippen MR) is 98.9 cm³/mol. The number of amides is 2. The molecule has 0 aromatic heterocycles. The van der Waals surface area contributed by atoms with Crippen molar-refractivity contribution in [1.29, 1.82) is 0 Å². The van der Waals surface area contributed by atoms with Gasteiger partial charge in [-0.1, -0.05) is 35.9 Å². The van der Waals surface area contributed by atoms with Gasteiger partial charge in [0.15, 0.2) is 0 Å². The number of alkyl halides is 3. The molecule has 0 spiro atoms. The first-order valence-corrected chi connectivity index (χ1v) is 8.91. The van der Waals surface area contributed by atoms with Crippen LogP contribution < -0.4 is 10.2 Å². The summed E-state index contributed by atoms with van der Waals surface area (Å²) in [6.07, 6.45) is -4.40. The molecule has 1 saturated heterocycles. The number of piperazine rings is 1. The molecule has 0 saturated carbocycles. The third-order valence-corrected chi connectivity index (χ3v) is 4.73. The average Bonchev–Trinajstić information content (AvgIpc) is 2.67. The van der Waals surface area contributed by atoms with E-state index in [9.17, 15) is 18.0 Å². The van der Waals surface area contributed by atoms with Crippen molar-refractivity contribution in [3.8, 4) is 0 Å². The number of carbonyl (C=O) groups is 1. The van der Waals surface area contributed by atoms with E-state index in [1.165, 1.54) is 12.1 Å². The monoisotopic (exact) mass is 397 g/mol. The van der Waals surface area contributed by atoms with E-state index in [0.29, 0.717) is 37.7 Å². The molecule has 0 atom stereocenters. The van der Waals surface area contributed by atoms with E-state index in [4.69, 9.17) is 11.6 Å². The van der Waals surface area contributed by atoms with Crippen molar-refractivity contribution in [3.63, 3.8) is 0 Å². The maximum absolute atomic E-state index is 13.2. The van der Waals surface area contributed by atoms with E-state index in [2.05, 4.69) is 5.32 Å². The molecule has 0 radical (unpaired) electrons. The minimum atomic E-state index is -4.40. The number of hydrogen-bond donors (Lipinski definition) is 1. The number of benzene rings is 2. The second-order valence-corrected chi connectivity index (χ2v) is 6.71. The van der Waals surface area contributed by atoms with Crippen LogP contribution in [0.3, 0.4) is 0 Å². The number of nitrogens with one attached hydrogen (secondary N) is 1. The Bertz CT molecular complexity index is 788. The van der Waals surface area contributed by atoms with E-state index in [0.717, 1.165) is 11.6 Å². The fourth-order valence-electron chi connectivity index (χ4n) is 3.03. The molecule has 2 amide bonds. The lowest BCUT2D eigenvalue weighted by molar-refractivity contribution is -0.137. The van der Waals surface area contributed by atoms with E-state index in [-0.39, 0.29) is 11.7 Å². The molecular formula is C19H19ClF3N3O. The van der Waals surface area contributed by atoms with Crippen molar-refractivity contribution in [2.24, 2.45) is 0 Å². The minimum Gasteiger partial charge on any atom is -0.367 e. The minimum absolute atomic E-state index is 0.159. The summed E-state index contributed by atoms with van der Waals surface area (Å²) in [7, 11) is 0. The summed E-state index contributed by atoms with van der Waals surface area (Å²) in [6, 6.07) is 12.5. The van der Waals surface area contributed by atoms with Crippen LogP contribution in [0.4, 0.5) is 23.7 Å². The topological polar surface area (TPSA) is 35.6 Å². The van der Waals surface area contributed by atoms with Gasteiger partial charge in [-0.3, -0.25) is 0 Å². The van der Waals surface area contributed by atoms with Crippen LogP contribution in [0.1, 0.15) is 11.1 Å². The van der Waals surface area contributed by atoms with Gasteiger partial charge in [0.05, 0.1) is 5.56 Å². The van der Waals surface area contributed by atoms with Gasteiger partial charge < -0.3 is 15.1 Å². The van der Waals surface area contributed by atoms with Crippen LogP contribution in [-0.2, 0) is 12.7 Å². The first-order chi connectivity index (χ1) is 12.8. The first-order valence-electron chi connectivity index (χ1n) is 8.53. The quantitative estimate of drug-likeness (QED) is 0.833. The van der Waals surface area contributed by atoms with Gasteiger partial charge in [0.1, 0.15) is 0 Å². The smallest absolute Gasteiger partial charge is 0.367 e. The number of para-hydroxylation sites is 1. The van der Waals surface area contributed by atoms with Gasteiger partial charge in [0.25, 0.3) is 0 Å². The zero-order valence-electron chi connectivity index (χ0n) is 14.5. The van der Waals surface area contributed by atoms with Crippen molar-refractivity contribution >= 4 is 23.3 Å². The van der Waals surface area contributed by atoms with Crippen LogP contribution in [0.25, 0.3) is 0 Å². The van der Waals surface area contributed by atoms with Gasteiger partial charge in [0, 0.05) is 43.4 Å². The van der Waals surface area contributed by atoms with Crippen molar-refractivity contribution in [2.75, 3.05) is 31.1 Å². The second-order valence-electron chi connectivity index (χ2n) is 6.27. The molecule has 1 aliphatic heterocycles. The molecule has 1 aliphatic rings. The van der Waals surface area contributed by atoms with Crippen LogP contribution in [0.15, 0.2) is 48.5 Å². The zero-order valence-corrected chi connectivity index (χ0v) is 15.2. The Kier molecular flexibility index (Phi) is 5.79. The largest absolute Gasteiger partial charge is 0.418 e. The number of hydrogen-bond acceptors (Lipinski definition) is 2. The maximum Gasteiger partial charge on any atom is 0.418 e. The summed E-state index contributed by atoms with van der Waals surface area (Å²) in [5.41, 5.74) is 0.433. The number of nitrogens with zero attached hydrogens (tertiary/aromatic N) is 2. The lowest BCUT2D eigenvalue weighted by atomic mass is 10.1. The maximum atomic E-state index is 13.2. The van der Waals surface area contributed by atoms with E-state index < -0.39 is 11.7 Å². The van der Waals surface area contributed by atoms with Crippen molar-refractivity contribution in [1.82, 2.24) is 10.2 Å². The molecule has 144 valence electrons. The van der Waals surface area contributed by atoms with Gasteiger partial charge in [-0.25, -0.2) is 4.79 Å². The fraction of sp³-hybridized carbons (Fsp3) is 0.316. The highest BCUT2D eigenvalue weighted by Gasteiger charge is 2.35. The van der Waals surface area contributed by atoms with Crippen molar-refractivity contribution in [3.05, 3.63) is 64.7 Å². The molecule has 2 aromatic rings. The normalized spacial score (nSPS) is 15.0. The fourth-order valence-corrected chi connectivity index (χ4v) is 3.16. The molecule has 0 aliphatic carbocycles. The van der Waals surface area contributed by atoms with Crippen LogP contribution in [0.2, 0.25) is 5.02 Å². The molecule has 3 rings (SSSR count). The summed E-state index contributed by atoms with van der Waals surface area (Å²) < 4.78 is 39.6. The number of rotatable bonds is 3. The lowest BCUT2D eigenvalue weighted by Crippen LogP contribution is -2.52. The SMILES string of the molecule is O=C(NCc1ccc(Cl)cc1)N1CCN(c2ccccc2C(F)(F)F)CC1. The Morgan fingerprint density at radius 2 is 1.63 bits per heavy atom. The molecule has 1 N–H and O–H groups in total. The van der Waals surface area contributed by atoms with Crippen LogP contribution in [-0.4, -0.2) is 37.1 Å². The van der Waals surface area contributed by atoms with E-state index >= 15 is 0 Å². The average molecular weight is 398 g/mol. The van der Waals surface area contributed by atoms with Gasteiger partial charge in [0.2, 0.25) is 0 Å².